The molecular weight excluding hydrogens is 761 g/mol. The van der Waals surface area contributed by atoms with Crippen LogP contribution in [-0.2, 0) is 0 Å². The Kier molecular flexibility index (Phi) is 9.34. The fraction of sp³-hybridized carbons (Fsp3) is 0. The van der Waals surface area contributed by atoms with Gasteiger partial charge in [0.2, 0.25) is 0 Å². The number of nitrogens with zero attached hydrogens (tertiary/aromatic N) is 4. The summed E-state index contributed by atoms with van der Waals surface area (Å²) in [4.78, 5) is 20.1. The number of pyridine rings is 2. The maximum atomic E-state index is 5.36. The van der Waals surface area contributed by atoms with E-state index in [-0.39, 0.29) is 0 Å². The predicted molar refractivity (Wildman–Crippen MR) is 254 cm³/mol. The second-order valence-electron chi connectivity index (χ2n) is 15.1. The molecule has 0 radical (unpaired) electrons. The Morgan fingerprint density at radius 3 is 1.43 bits per heavy atom. The topological polar surface area (TPSA) is 51.6 Å². The predicted octanol–water partition coefficient (Wildman–Crippen LogP) is 15.0. The van der Waals surface area contributed by atoms with E-state index in [9.17, 15) is 0 Å². The van der Waals surface area contributed by atoms with E-state index in [0.29, 0.717) is 5.82 Å². The van der Waals surface area contributed by atoms with Crippen LogP contribution < -0.4 is 0 Å². The SMILES string of the molecule is c1ccc(-c2cccc(-c3cc(-c4cc(-c5cc(-c6ccccn6)cc(-c6ccccn6)c5)nc(-c5ccccc5)n4)cc(-c4cccc5c4sc4ccccc45)c3)c2)cc1. The zero-order valence-electron chi connectivity index (χ0n) is 33.0. The zero-order valence-corrected chi connectivity index (χ0v) is 33.8. The van der Waals surface area contributed by atoms with Gasteiger partial charge in [0.25, 0.3) is 0 Å². The quantitative estimate of drug-likeness (QED) is 0.154. The van der Waals surface area contributed by atoms with Crippen molar-refractivity contribution >= 4 is 31.5 Å². The van der Waals surface area contributed by atoms with Crippen molar-refractivity contribution in [1.29, 1.82) is 0 Å². The van der Waals surface area contributed by atoms with Crippen LogP contribution in [0.15, 0.2) is 219 Å². The van der Waals surface area contributed by atoms with Crippen molar-refractivity contribution in [3.63, 3.8) is 0 Å². The van der Waals surface area contributed by atoms with Gasteiger partial charge in [-0.1, -0.05) is 127 Å². The van der Waals surface area contributed by atoms with Crippen molar-refractivity contribution in [1.82, 2.24) is 19.9 Å². The molecule has 0 aliphatic carbocycles. The van der Waals surface area contributed by atoms with Crippen LogP contribution in [0.5, 0.6) is 0 Å². The molecule has 0 aliphatic rings. The fourth-order valence-corrected chi connectivity index (χ4v) is 9.42. The third kappa shape index (κ3) is 7.18. The van der Waals surface area contributed by atoms with Crippen LogP contribution in [0.4, 0.5) is 0 Å². The van der Waals surface area contributed by atoms with E-state index in [1.165, 1.54) is 36.9 Å². The summed E-state index contributed by atoms with van der Waals surface area (Å²) < 4.78 is 2.55. The molecule has 61 heavy (non-hydrogen) atoms. The molecule has 7 aromatic carbocycles. The molecule has 0 saturated heterocycles. The average Bonchev–Trinajstić information content (AvgIpc) is 3.74. The lowest BCUT2D eigenvalue weighted by Gasteiger charge is -2.15. The van der Waals surface area contributed by atoms with Crippen LogP contribution >= 0.6 is 11.3 Å². The molecule has 0 spiro atoms. The summed E-state index contributed by atoms with van der Waals surface area (Å²) in [6.07, 6.45) is 3.66. The molecule has 4 nitrogen and oxygen atoms in total. The molecule has 4 aromatic heterocycles. The van der Waals surface area contributed by atoms with Crippen molar-refractivity contribution in [3.05, 3.63) is 219 Å². The number of fused-ring (bicyclic) bond motifs is 3. The standard InChI is InChI=1S/C56H36N4S/c1-3-15-37(16-4-1)39-19-13-20-40(29-39)41-30-42(47-22-14-23-49-48-21-7-8-26-54(48)61-55(47)49)32-45(31-41)52-36-53(60-56(59-52)38-17-5-2-6-18-38)46-34-43(50-24-9-11-27-57-50)33-44(35-46)51-25-10-12-28-58-51/h1-36H. The van der Waals surface area contributed by atoms with Gasteiger partial charge in [-0.3, -0.25) is 9.97 Å². The van der Waals surface area contributed by atoms with Crippen molar-refractivity contribution in [2.45, 2.75) is 0 Å². The van der Waals surface area contributed by atoms with E-state index in [4.69, 9.17) is 19.9 Å². The van der Waals surface area contributed by atoms with Gasteiger partial charge < -0.3 is 0 Å². The van der Waals surface area contributed by atoms with Gasteiger partial charge in [0.05, 0.1) is 22.8 Å². The Morgan fingerprint density at radius 2 is 0.770 bits per heavy atom. The Labute approximate surface area is 358 Å². The van der Waals surface area contributed by atoms with Gasteiger partial charge in [-0.2, -0.15) is 0 Å². The minimum absolute atomic E-state index is 0.653. The third-order valence-corrected chi connectivity index (χ3v) is 12.4. The minimum Gasteiger partial charge on any atom is -0.256 e. The molecule has 0 aliphatic heterocycles. The summed E-state index contributed by atoms with van der Waals surface area (Å²) in [5, 5.41) is 2.55. The van der Waals surface area contributed by atoms with Gasteiger partial charge in [-0.15, -0.1) is 11.3 Å². The van der Waals surface area contributed by atoms with Crippen LogP contribution in [0, 0.1) is 0 Å². The summed E-state index contributed by atoms with van der Waals surface area (Å²) in [7, 11) is 0. The summed E-state index contributed by atoms with van der Waals surface area (Å²) in [6, 6.07) is 72.6. The second-order valence-corrected chi connectivity index (χ2v) is 16.1. The number of thiophene rings is 1. The molecule has 286 valence electrons. The Morgan fingerprint density at radius 1 is 0.295 bits per heavy atom. The first-order chi connectivity index (χ1) is 30.2. The van der Waals surface area contributed by atoms with Gasteiger partial charge in [0, 0.05) is 60.4 Å². The lowest BCUT2D eigenvalue weighted by Crippen LogP contribution is -1.97. The molecule has 0 saturated carbocycles. The maximum absolute atomic E-state index is 5.36. The molecule has 11 aromatic rings. The third-order valence-electron chi connectivity index (χ3n) is 11.2. The van der Waals surface area contributed by atoms with E-state index in [1.54, 1.807) is 0 Å². The fourth-order valence-electron chi connectivity index (χ4n) is 8.18. The minimum atomic E-state index is 0.653. The highest BCUT2D eigenvalue weighted by atomic mass is 32.1. The molecule has 0 N–H and O–H groups in total. The van der Waals surface area contributed by atoms with Crippen LogP contribution in [-0.4, -0.2) is 19.9 Å². The van der Waals surface area contributed by atoms with Crippen LogP contribution in [0.25, 0.3) is 110 Å². The number of hydrogen-bond acceptors (Lipinski definition) is 5. The van der Waals surface area contributed by atoms with E-state index in [2.05, 4.69) is 152 Å². The molecule has 0 fully saturated rings. The van der Waals surface area contributed by atoms with Crippen molar-refractivity contribution < 1.29 is 0 Å². The van der Waals surface area contributed by atoms with Crippen molar-refractivity contribution in [2.75, 3.05) is 0 Å². The maximum Gasteiger partial charge on any atom is 0.160 e. The van der Waals surface area contributed by atoms with Crippen molar-refractivity contribution in [2.24, 2.45) is 0 Å². The zero-order chi connectivity index (χ0) is 40.5. The molecule has 5 heteroatoms. The highest BCUT2D eigenvalue weighted by Gasteiger charge is 2.18. The van der Waals surface area contributed by atoms with Gasteiger partial charge in [-0.25, -0.2) is 9.97 Å². The summed E-state index contributed by atoms with van der Waals surface area (Å²) in [5.74, 6) is 0.653. The number of benzene rings is 7. The molecule has 4 heterocycles. The highest BCUT2D eigenvalue weighted by molar-refractivity contribution is 7.26. The van der Waals surface area contributed by atoms with Gasteiger partial charge in [0.15, 0.2) is 5.82 Å². The van der Waals surface area contributed by atoms with Crippen LogP contribution in [0.1, 0.15) is 0 Å². The average molecular weight is 797 g/mol. The number of hydrogen-bond donors (Lipinski definition) is 0. The normalized spacial score (nSPS) is 11.3. The van der Waals surface area contributed by atoms with E-state index < -0.39 is 0 Å². The van der Waals surface area contributed by atoms with Crippen molar-refractivity contribution in [3.8, 4) is 89.8 Å². The first-order valence-electron chi connectivity index (χ1n) is 20.3. The highest BCUT2D eigenvalue weighted by Crippen LogP contribution is 2.43. The molecule has 0 unspecified atom stereocenters. The second kappa shape index (κ2) is 15.7. The Bertz CT molecular complexity index is 3290. The van der Waals surface area contributed by atoms with Crippen LogP contribution in [0.3, 0.4) is 0 Å². The van der Waals surface area contributed by atoms with Crippen LogP contribution in [0.2, 0.25) is 0 Å². The Balaban J connectivity index is 1.15. The van der Waals surface area contributed by atoms with Gasteiger partial charge in [0.1, 0.15) is 0 Å². The summed E-state index contributed by atoms with van der Waals surface area (Å²) in [5.41, 5.74) is 15.2. The first kappa shape index (κ1) is 36.2. The monoisotopic (exact) mass is 796 g/mol. The largest absolute Gasteiger partial charge is 0.256 e. The smallest absolute Gasteiger partial charge is 0.160 e. The number of rotatable bonds is 8. The van der Waals surface area contributed by atoms with Gasteiger partial charge in [-0.05, 0) is 112 Å². The lowest BCUT2D eigenvalue weighted by atomic mass is 9.92. The lowest BCUT2D eigenvalue weighted by molar-refractivity contribution is 1.18. The Hall–Kier alpha value is -7.86. The van der Waals surface area contributed by atoms with Gasteiger partial charge >= 0.3 is 0 Å². The van der Waals surface area contributed by atoms with E-state index in [1.807, 2.05) is 78.3 Å². The first-order valence-corrected chi connectivity index (χ1v) is 21.2. The molecule has 0 amide bonds. The molecule has 0 bridgehead atoms. The van der Waals surface area contributed by atoms with E-state index in [0.717, 1.165) is 67.3 Å². The van der Waals surface area contributed by atoms with E-state index >= 15 is 0 Å². The molecule has 11 rings (SSSR count). The summed E-state index contributed by atoms with van der Waals surface area (Å²) in [6.45, 7) is 0. The number of aromatic nitrogens is 4. The summed E-state index contributed by atoms with van der Waals surface area (Å²) >= 11 is 1.85. The molecular formula is C56H36N4S. The molecule has 0 atom stereocenters.